The first-order valence-corrected chi connectivity index (χ1v) is 13.7. The predicted octanol–water partition coefficient (Wildman–Crippen LogP) is 5.98. The topological polar surface area (TPSA) is 73.5 Å². The minimum Gasteiger partial charge on any atom is -0.353 e. The summed E-state index contributed by atoms with van der Waals surface area (Å²) in [6.45, 7) is 5.53. The number of carbonyl (C=O) groups is 2. The molecule has 36 heavy (non-hydrogen) atoms. The summed E-state index contributed by atoms with van der Waals surface area (Å²) in [4.78, 5) is 27.3. The summed E-state index contributed by atoms with van der Waals surface area (Å²) < 4.78 is 0. The number of anilines is 1. The Morgan fingerprint density at radius 3 is 2.28 bits per heavy atom. The number of likely N-dealkylation sites (tertiary alicyclic amines) is 1. The highest BCUT2D eigenvalue weighted by atomic mass is 35.5. The first-order valence-electron chi connectivity index (χ1n) is 13.0. The van der Waals surface area contributed by atoms with Gasteiger partial charge >= 0.3 is 6.03 Å². The van der Waals surface area contributed by atoms with Crippen LogP contribution in [0.25, 0.3) is 0 Å². The third-order valence-electron chi connectivity index (χ3n) is 7.38. The summed E-state index contributed by atoms with van der Waals surface area (Å²) in [6, 6.07) is 13.5. The molecule has 2 aromatic carbocycles. The van der Waals surface area contributed by atoms with E-state index < -0.39 is 0 Å². The summed E-state index contributed by atoms with van der Waals surface area (Å²) in [6.07, 6.45) is 6.20. The van der Waals surface area contributed by atoms with Gasteiger partial charge in [-0.2, -0.15) is 0 Å². The maximum Gasteiger partial charge on any atom is 0.319 e. The summed E-state index contributed by atoms with van der Waals surface area (Å²) >= 11 is 12.1. The van der Waals surface area contributed by atoms with Gasteiger partial charge in [0.1, 0.15) is 0 Å². The van der Waals surface area contributed by atoms with Crippen LogP contribution < -0.4 is 16.0 Å². The number of halogens is 2. The average Bonchev–Trinajstić information content (AvgIpc) is 2.79. The van der Waals surface area contributed by atoms with Gasteiger partial charge < -0.3 is 20.9 Å². The molecule has 1 aliphatic heterocycles. The van der Waals surface area contributed by atoms with Crippen LogP contribution in [0.3, 0.4) is 0 Å². The largest absolute Gasteiger partial charge is 0.353 e. The molecule has 4 rings (SSSR count). The van der Waals surface area contributed by atoms with Crippen molar-refractivity contribution in [2.24, 2.45) is 5.92 Å². The van der Waals surface area contributed by atoms with Gasteiger partial charge in [0.05, 0.1) is 0 Å². The molecule has 1 atom stereocenters. The molecule has 1 saturated heterocycles. The van der Waals surface area contributed by atoms with Gasteiger partial charge in [-0.05, 0) is 69.3 Å². The van der Waals surface area contributed by atoms with Crippen LogP contribution in [0.2, 0.25) is 10.0 Å². The number of aryl methyl sites for hydroxylation is 1. The first-order chi connectivity index (χ1) is 17.4. The molecule has 0 aromatic heterocycles. The molecule has 194 valence electrons. The van der Waals surface area contributed by atoms with E-state index in [0.717, 1.165) is 51.7 Å². The molecule has 1 heterocycles. The monoisotopic (exact) mass is 530 g/mol. The molecule has 0 radical (unpaired) electrons. The third kappa shape index (κ3) is 7.86. The van der Waals surface area contributed by atoms with Crippen molar-refractivity contribution >= 4 is 40.8 Å². The van der Waals surface area contributed by atoms with Gasteiger partial charge in [0.2, 0.25) is 5.91 Å². The number of benzene rings is 2. The lowest BCUT2D eigenvalue weighted by atomic mass is 9.84. The highest BCUT2D eigenvalue weighted by molar-refractivity contribution is 6.35. The summed E-state index contributed by atoms with van der Waals surface area (Å²) in [7, 11) is 0. The van der Waals surface area contributed by atoms with Gasteiger partial charge in [-0.25, -0.2) is 4.79 Å². The number of rotatable bonds is 9. The Balaban J connectivity index is 1.27. The van der Waals surface area contributed by atoms with E-state index in [9.17, 15) is 9.59 Å². The summed E-state index contributed by atoms with van der Waals surface area (Å²) in [5.41, 5.74) is 2.99. The number of hydrogen-bond donors (Lipinski definition) is 3. The Morgan fingerprint density at radius 2 is 1.67 bits per heavy atom. The second kappa shape index (κ2) is 12.8. The second-order valence-corrected chi connectivity index (χ2v) is 11.0. The van der Waals surface area contributed by atoms with Crippen LogP contribution in [0.1, 0.15) is 55.6 Å². The van der Waals surface area contributed by atoms with E-state index in [-0.39, 0.29) is 23.8 Å². The molecular weight excluding hydrogens is 495 g/mol. The fourth-order valence-electron chi connectivity index (χ4n) is 4.87. The van der Waals surface area contributed by atoms with Gasteiger partial charge in [0.15, 0.2) is 0 Å². The Hall–Kier alpha value is -2.28. The van der Waals surface area contributed by atoms with Crippen molar-refractivity contribution < 1.29 is 9.59 Å². The number of nitrogens with zero attached hydrogens (tertiary/aromatic N) is 1. The Bertz CT molecular complexity index is 1010. The molecule has 1 saturated carbocycles. The van der Waals surface area contributed by atoms with E-state index in [1.807, 2.05) is 0 Å². The number of piperidine rings is 1. The predicted molar refractivity (Wildman–Crippen MR) is 147 cm³/mol. The average molecular weight is 532 g/mol. The smallest absolute Gasteiger partial charge is 0.319 e. The molecule has 3 N–H and O–H groups in total. The molecule has 0 spiro atoms. The van der Waals surface area contributed by atoms with E-state index in [0.29, 0.717) is 28.3 Å². The van der Waals surface area contributed by atoms with E-state index in [2.05, 4.69) is 52.0 Å². The lowest BCUT2D eigenvalue weighted by Crippen LogP contribution is -2.47. The van der Waals surface area contributed by atoms with Crippen molar-refractivity contribution in [1.29, 1.82) is 0 Å². The SMILES string of the molecule is Cc1ccc(C(CCN2CCC(NC(=O)C3CCC3)CC2)CNC(=O)Nc2cc(Cl)cc(Cl)c2)cc1. The Labute approximate surface area is 224 Å². The number of hydrogen-bond acceptors (Lipinski definition) is 3. The first kappa shape index (κ1) is 26.8. The molecule has 2 aromatic rings. The molecule has 0 bridgehead atoms. The van der Waals surface area contributed by atoms with Gasteiger partial charge in [0, 0.05) is 53.2 Å². The van der Waals surface area contributed by atoms with Crippen LogP contribution in [0.5, 0.6) is 0 Å². The Kier molecular flexibility index (Phi) is 9.52. The fourth-order valence-corrected chi connectivity index (χ4v) is 5.40. The number of carbonyl (C=O) groups excluding carboxylic acids is 2. The summed E-state index contributed by atoms with van der Waals surface area (Å²) in [5, 5.41) is 10.0. The standard InChI is InChI=1S/C28H36Cl2N4O2/c1-19-5-7-20(8-6-19)22(18-31-28(36)33-26-16-23(29)15-24(30)17-26)9-12-34-13-10-25(11-14-34)32-27(35)21-3-2-4-21/h5-8,15-17,21-22,25H,2-4,9-14,18H2,1H3,(H,32,35)(H2,31,33,36). The molecule has 6 nitrogen and oxygen atoms in total. The van der Waals surface area contributed by atoms with Crippen molar-refractivity contribution in [3.63, 3.8) is 0 Å². The zero-order valence-corrected chi connectivity index (χ0v) is 22.4. The molecule has 3 amide bonds. The third-order valence-corrected chi connectivity index (χ3v) is 7.82. The van der Waals surface area contributed by atoms with E-state index >= 15 is 0 Å². The van der Waals surface area contributed by atoms with Crippen molar-refractivity contribution in [2.45, 2.75) is 57.4 Å². The second-order valence-electron chi connectivity index (χ2n) is 10.1. The molecule has 1 aliphatic carbocycles. The van der Waals surface area contributed by atoms with Crippen molar-refractivity contribution in [3.05, 3.63) is 63.6 Å². The van der Waals surface area contributed by atoms with Crippen molar-refractivity contribution in [2.75, 3.05) is 31.5 Å². The van der Waals surface area contributed by atoms with Gasteiger partial charge in [-0.15, -0.1) is 0 Å². The minimum atomic E-state index is -0.284. The zero-order valence-electron chi connectivity index (χ0n) is 20.9. The normalized spacial score (nSPS) is 17.8. The number of urea groups is 1. The highest BCUT2D eigenvalue weighted by Crippen LogP contribution is 2.27. The van der Waals surface area contributed by atoms with Crippen molar-refractivity contribution in [3.8, 4) is 0 Å². The maximum atomic E-state index is 12.6. The zero-order chi connectivity index (χ0) is 25.5. The van der Waals surface area contributed by atoms with E-state index in [1.54, 1.807) is 18.2 Å². The quantitative estimate of drug-likeness (QED) is 0.373. The number of amides is 3. The van der Waals surface area contributed by atoms with Crippen LogP contribution in [-0.2, 0) is 4.79 Å². The highest BCUT2D eigenvalue weighted by Gasteiger charge is 2.28. The van der Waals surface area contributed by atoms with E-state index in [4.69, 9.17) is 23.2 Å². The van der Waals surface area contributed by atoms with Crippen LogP contribution in [0, 0.1) is 12.8 Å². The fraction of sp³-hybridized carbons (Fsp3) is 0.500. The molecule has 8 heteroatoms. The van der Waals surface area contributed by atoms with Gasteiger partial charge in [-0.3, -0.25) is 4.79 Å². The van der Waals surface area contributed by atoms with E-state index in [1.165, 1.54) is 17.5 Å². The minimum absolute atomic E-state index is 0.190. The van der Waals surface area contributed by atoms with Crippen LogP contribution in [0.15, 0.2) is 42.5 Å². The van der Waals surface area contributed by atoms with Crippen LogP contribution >= 0.6 is 23.2 Å². The lowest BCUT2D eigenvalue weighted by Gasteiger charge is -2.35. The molecule has 2 aliphatic rings. The van der Waals surface area contributed by atoms with Crippen LogP contribution in [0.4, 0.5) is 10.5 Å². The molecule has 1 unspecified atom stereocenters. The number of nitrogens with one attached hydrogen (secondary N) is 3. The lowest BCUT2D eigenvalue weighted by molar-refractivity contribution is -0.128. The Morgan fingerprint density at radius 1 is 1.00 bits per heavy atom. The van der Waals surface area contributed by atoms with Crippen molar-refractivity contribution in [1.82, 2.24) is 15.5 Å². The summed E-state index contributed by atoms with van der Waals surface area (Å²) in [5.74, 6) is 0.692. The molecular formula is C28H36Cl2N4O2. The maximum absolute atomic E-state index is 12.6. The van der Waals surface area contributed by atoms with Gasteiger partial charge in [0.25, 0.3) is 0 Å². The van der Waals surface area contributed by atoms with Gasteiger partial charge in [-0.1, -0.05) is 59.5 Å². The molecule has 2 fully saturated rings. The van der Waals surface area contributed by atoms with Crippen LogP contribution in [-0.4, -0.2) is 49.1 Å².